The lowest BCUT2D eigenvalue weighted by Gasteiger charge is -2.12. The SMILES string of the molecule is Cc1cc(C)n2ncc(C(=O)ON3C(=O)c4ccccc4C3=O)c2n1. The van der Waals surface area contributed by atoms with E-state index in [1.807, 2.05) is 13.0 Å². The normalized spacial score (nSPS) is 13.4. The zero-order chi connectivity index (χ0) is 17.7. The topological polar surface area (TPSA) is 93.9 Å². The summed E-state index contributed by atoms with van der Waals surface area (Å²) in [6.07, 6.45) is 1.30. The van der Waals surface area contributed by atoms with E-state index in [-0.39, 0.29) is 16.7 Å². The van der Waals surface area contributed by atoms with Gasteiger partial charge in [-0.15, -0.1) is 0 Å². The Hall–Kier alpha value is -3.55. The van der Waals surface area contributed by atoms with Crippen LogP contribution in [0, 0.1) is 13.8 Å². The summed E-state index contributed by atoms with van der Waals surface area (Å²) in [5.74, 6) is -2.22. The van der Waals surface area contributed by atoms with Crippen LogP contribution in [0.1, 0.15) is 42.5 Å². The van der Waals surface area contributed by atoms with E-state index >= 15 is 0 Å². The number of carbonyl (C=O) groups is 3. The van der Waals surface area contributed by atoms with E-state index in [0.29, 0.717) is 16.4 Å². The molecule has 2 amide bonds. The standard InChI is InChI=1S/C17H12N4O4/c1-9-7-10(2)20-14(19-9)13(8-18-20)17(24)25-21-15(22)11-5-3-4-6-12(11)16(21)23/h3-8H,1-2H3. The summed E-state index contributed by atoms with van der Waals surface area (Å²) in [4.78, 5) is 46.4. The Morgan fingerprint density at radius 3 is 2.36 bits per heavy atom. The second-order valence-corrected chi connectivity index (χ2v) is 5.66. The van der Waals surface area contributed by atoms with Crippen LogP contribution in [-0.4, -0.2) is 37.4 Å². The molecule has 0 saturated carbocycles. The predicted octanol–water partition coefficient (Wildman–Crippen LogP) is 1.71. The first-order valence-electron chi connectivity index (χ1n) is 7.49. The van der Waals surface area contributed by atoms with Crippen molar-refractivity contribution in [2.45, 2.75) is 13.8 Å². The first-order chi connectivity index (χ1) is 12.0. The van der Waals surface area contributed by atoms with Crippen molar-refractivity contribution in [1.82, 2.24) is 19.7 Å². The van der Waals surface area contributed by atoms with Crippen molar-refractivity contribution in [2.24, 2.45) is 0 Å². The van der Waals surface area contributed by atoms with Crippen molar-refractivity contribution in [3.63, 3.8) is 0 Å². The van der Waals surface area contributed by atoms with E-state index in [1.54, 1.807) is 19.1 Å². The molecule has 8 nitrogen and oxygen atoms in total. The summed E-state index contributed by atoms with van der Waals surface area (Å²) < 4.78 is 1.49. The van der Waals surface area contributed by atoms with Crippen LogP contribution in [0.3, 0.4) is 0 Å². The van der Waals surface area contributed by atoms with Crippen molar-refractivity contribution < 1.29 is 19.2 Å². The van der Waals surface area contributed by atoms with Crippen molar-refractivity contribution >= 4 is 23.4 Å². The van der Waals surface area contributed by atoms with Crippen LogP contribution in [0.5, 0.6) is 0 Å². The molecule has 4 rings (SSSR count). The van der Waals surface area contributed by atoms with Crippen LogP contribution in [0.25, 0.3) is 5.65 Å². The van der Waals surface area contributed by atoms with Crippen molar-refractivity contribution in [2.75, 3.05) is 0 Å². The first kappa shape index (κ1) is 15.0. The van der Waals surface area contributed by atoms with Crippen molar-refractivity contribution in [3.8, 4) is 0 Å². The van der Waals surface area contributed by atoms with E-state index in [0.717, 1.165) is 5.69 Å². The molecule has 3 aromatic rings. The summed E-state index contributed by atoms with van der Waals surface area (Å²) >= 11 is 0. The molecule has 2 aromatic heterocycles. The molecule has 0 aliphatic carbocycles. The number of carbonyl (C=O) groups excluding carboxylic acids is 3. The Morgan fingerprint density at radius 2 is 1.72 bits per heavy atom. The maximum atomic E-state index is 12.5. The van der Waals surface area contributed by atoms with Crippen LogP contribution in [0.4, 0.5) is 0 Å². The van der Waals surface area contributed by atoms with E-state index < -0.39 is 17.8 Å². The quantitative estimate of drug-likeness (QED) is 0.661. The van der Waals surface area contributed by atoms with Gasteiger partial charge in [0.15, 0.2) is 5.65 Å². The molecule has 1 aliphatic rings. The molecule has 0 bridgehead atoms. The van der Waals surface area contributed by atoms with Crippen LogP contribution < -0.4 is 0 Å². The lowest BCUT2D eigenvalue weighted by atomic mass is 10.1. The van der Waals surface area contributed by atoms with Gasteiger partial charge in [-0.3, -0.25) is 9.59 Å². The van der Waals surface area contributed by atoms with E-state index in [9.17, 15) is 14.4 Å². The molecular formula is C17H12N4O4. The van der Waals surface area contributed by atoms with Gasteiger partial charge in [-0.25, -0.2) is 14.3 Å². The Labute approximate surface area is 141 Å². The third kappa shape index (κ3) is 2.18. The fourth-order valence-corrected chi connectivity index (χ4v) is 2.80. The largest absolute Gasteiger partial charge is 0.369 e. The molecule has 3 heterocycles. The summed E-state index contributed by atoms with van der Waals surface area (Å²) in [6, 6.07) is 8.10. The maximum Gasteiger partial charge on any atom is 0.369 e. The smallest absolute Gasteiger partial charge is 0.324 e. The molecule has 1 aromatic carbocycles. The molecule has 0 saturated heterocycles. The maximum absolute atomic E-state index is 12.5. The third-order valence-electron chi connectivity index (χ3n) is 3.93. The summed E-state index contributed by atoms with van der Waals surface area (Å²) in [5, 5.41) is 4.57. The molecule has 0 N–H and O–H groups in total. The van der Waals surface area contributed by atoms with Crippen LogP contribution in [0.15, 0.2) is 36.5 Å². The van der Waals surface area contributed by atoms with Gasteiger partial charge in [0, 0.05) is 11.4 Å². The zero-order valence-corrected chi connectivity index (χ0v) is 13.4. The van der Waals surface area contributed by atoms with E-state index in [1.165, 1.54) is 22.8 Å². The molecule has 0 radical (unpaired) electrons. The van der Waals surface area contributed by atoms with Gasteiger partial charge in [-0.1, -0.05) is 17.2 Å². The number of benzene rings is 1. The Bertz CT molecular complexity index is 1030. The number of rotatable bonds is 2. The van der Waals surface area contributed by atoms with Gasteiger partial charge < -0.3 is 4.84 Å². The summed E-state index contributed by atoms with van der Waals surface area (Å²) in [5.41, 5.74) is 2.28. The number of amides is 2. The Kier molecular flexibility index (Phi) is 3.14. The van der Waals surface area contributed by atoms with E-state index in [4.69, 9.17) is 4.84 Å². The highest BCUT2D eigenvalue weighted by atomic mass is 16.7. The minimum absolute atomic E-state index is 0.0726. The number of imide groups is 1. The molecule has 124 valence electrons. The molecule has 0 unspecified atom stereocenters. The molecule has 0 atom stereocenters. The third-order valence-corrected chi connectivity index (χ3v) is 3.93. The average Bonchev–Trinajstić information content (AvgIpc) is 3.11. The van der Waals surface area contributed by atoms with Crippen molar-refractivity contribution in [3.05, 3.63) is 64.6 Å². The van der Waals surface area contributed by atoms with Gasteiger partial charge in [-0.05, 0) is 32.0 Å². The van der Waals surface area contributed by atoms with Crippen LogP contribution in [0.2, 0.25) is 0 Å². The minimum Gasteiger partial charge on any atom is -0.324 e. The number of hydrogen-bond acceptors (Lipinski definition) is 6. The lowest BCUT2D eigenvalue weighted by molar-refractivity contribution is -0.0583. The monoisotopic (exact) mass is 336 g/mol. The number of aromatic nitrogens is 3. The molecule has 0 fully saturated rings. The second-order valence-electron chi connectivity index (χ2n) is 5.66. The molecule has 25 heavy (non-hydrogen) atoms. The van der Waals surface area contributed by atoms with Crippen molar-refractivity contribution in [1.29, 1.82) is 0 Å². The highest BCUT2D eigenvalue weighted by Gasteiger charge is 2.39. The van der Waals surface area contributed by atoms with E-state index in [2.05, 4.69) is 10.1 Å². The van der Waals surface area contributed by atoms with Gasteiger partial charge in [0.2, 0.25) is 0 Å². The lowest BCUT2D eigenvalue weighted by Crippen LogP contribution is -2.32. The fraction of sp³-hybridized carbons (Fsp3) is 0.118. The Morgan fingerprint density at radius 1 is 1.08 bits per heavy atom. The number of fused-ring (bicyclic) bond motifs is 2. The summed E-state index contributed by atoms with van der Waals surface area (Å²) in [6.45, 7) is 3.62. The average molecular weight is 336 g/mol. The summed E-state index contributed by atoms with van der Waals surface area (Å²) in [7, 11) is 0. The molecule has 8 heteroatoms. The molecule has 0 spiro atoms. The predicted molar refractivity (Wildman–Crippen MR) is 84.8 cm³/mol. The fourth-order valence-electron chi connectivity index (χ4n) is 2.80. The van der Waals surface area contributed by atoms with Crippen LogP contribution >= 0.6 is 0 Å². The number of nitrogens with zero attached hydrogens (tertiary/aromatic N) is 4. The minimum atomic E-state index is -0.873. The zero-order valence-electron chi connectivity index (χ0n) is 13.4. The van der Waals surface area contributed by atoms with Gasteiger partial charge in [0.1, 0.15) is 5.56 Å². The number of hydroxylamine groups is 2. The van der Waals surface area contributed by atoms with Gasteiger partial charge >= 0.3 is 5.97 Å². The second kappa shape index (κ2) is 5.23. The highest BCUT2D eigenvalue weighted by molar-refractivity contribution is 6.21. The number of aryl methyl sites for hydroxylation is 2. The molecular weight excluding hydrogens is 324 g/mol. The van der Waals surface area contributed by atoms with Gasteiger partial charge in [0.05, 0.1) is 17.3 Å². The van der Waals surface area contributed by atoms with Gasteiger partial charge in [0.25, 0.3) is 11.8 Å². The Balaban J connectivity index is 1.68. The van der Waals surface area contributed by atoms with Crippen LogP contribution in [-0.2, 0) is 4.84 Å². The highest BCUT2D eigenvalue weighted by Crippen LogP contribution is 2.24. The number of hydrogen-bond donors (Lipinski definition) is 0. The first-order valence-corrected chi connectivity index (χ1v) is 7.49. The van der Waals surface area contributed by atoms with Gasteiger partial charge in [-0.2, -0.15) is 5.10 Å². The molecule has 1 aliphatic heterocycles.